The Morgan fingerprint density at radius 3 is 2.64 bits per heavy atom. The molecule has 3 amide bonds. The van der Waals surface area contributed by atoms with Gasteiger partial charge < -0.3 is 29.9 Å². The van der Waals surface area contributed by atoms with E-state index in [9.17, 15) is 9.59 Å². The lowest BCUT2D eigenvalue weighted by molar-refractivity contribution is -0.123. The summed E-state index contributed by atoms with van der Waals surface area (Å²) in [5.74, 6) is 1.35. The molecular weight excluding hydrogens is 424 g/mol. The normalized spacial score (nSPS) is 24.3. The smallest absolute Gasteiger partial charge is 0.319 e. The van der Waals surface area contributed by atoms with Crippen molar-refractivity contribution in [3.63, 3.8) is 0 Å². The molecule has 2 aromatic rings. The number of ether oxygens (including phenoxy) is 2. The zero-order chi connectivity index (χ0) is 22.4. The predicted octanol–water partition coefficient (Wildman–Crippen LogP) is 1.77. The molecular formula is C23H26N6O4. The van der Waals surface area contributed by atoms with Gasteiger partial charge in [0.15, 0.2) is 11.6 Å². The van der Waals surface area contributed by atoms with E-state index < -0.39 is 0 Å². The van der Waals surface area contributed by atoms with E-state index in [-0.39, 0.29) is 24.0 Å². The number of amides is 3. The van der Waals surface area contributed by atoms with E-state index in [2.05, 4.69) is 15.6 Å². The Morgan fingerprint density at radius 1 is 1.06 bits per heavy atom. The second kappa shape index (κ2) is 8.27. The first-order valence-electron chi connectivity index (χ1n) is 11.5. The Kier molecular flexibility index (Phi) is 5.11. The number of nitrogens with one attached hydrogen (secondary N) is 2. The Labute approximate surface area is 191 Å². The van der Waals surface area contributed by atoms with E-state index in [1.807, 2.05) is 34.1 Å². The number of benzene rings is 1. The van der Waals surface area contributed by atoms with Gasteiger partial charge in [-0.3, -0.25) is 4.79 Å². The average Bonchev–Trinajstić information content (AvgIpc) is 3.48. The molecule has 1 aromatic heterocycles. The van der Waals surface area contributed by atoms with E-state index in [4.69, 9.17) is 14.5 Å². The van der Waals surface area contributed by atoms with Crippen molar-refractivity contribution in [2.24, 2.45) is 0 Å². The molecule has 10 heteroatoms. The second-order valence-corrected chi connectivity index (χ2v) is 8.86. The number of urea groups is 1. The number of carbonyl (C=O) groups excluding carboxylic acids is 2. The van der Waals surface area contributed by atoms with Crippen LogP contribution in [0.4, 0.5) is 22.0 Å². The number of nitrogens with zero attached hydrogens (tertiary/aromatic N) is 4. The van der Waals surface area contributed by atoms with Gasteiger partial charge in [0.25, 0.3) is 5.91 Å². The van der Waals surface area contributed by atoms with Crippen LogP contribution in [0, 0.1) is 0 Å². The third-order valence-corrected chi connectivity index (χ3v) is 6.52. The summed E-state index contributed by atoms with van der Waals surface area (Å²) in [7, 11) is 0. The van der Waals surface area contributed by atoms with Crippen molar-refractivity contribution in [2.45, 2.75) is 37.4 Å². The fourth-order valence-electron chi connectivity index (χ4n) is 4.61. The maximum atomic E-state index is 13.3. The highest BCUT2D eigenvalue weighted by molar-refractivity contribution is 6.05. The fraction of sp³-hybridized carbons (Fsp3) is 0.478. The first kappa shape index (κ1) is 20.4. The van der Waals surface area contributed by atoms with E-state index >= 15 is 0 Å². The Balaban J connectivity index is 1.29. The second-order valence-electron chi connectivity index (χ2n) is 8.86. The molecule has 0 radical (unpaired) electrons. The lowest BCUT2D eigenvalue weighted by Gasteiger charge is -2.45. The fourth-order valence-corrected chi connectivity index (χ4v) is 4.61. The highest BCUT2D eigenvalue weighted by Crippen LogP contribution is 2.38. The van der Waals surface area contributed by atoms with Crippen molar-refractivity contribution in [3.8, 4) is 11.4 Å². The Hall–Kier alpha value is -3.24. The first-order chi connectivity index (χ1) is 16.2. The molecule has 4 heterocycles. The largest absolute Gasteiger partial charge is 0.379 e. The average molecular weight is 450 g/mol. The van der Waals surface area contributed by atoms with Crippen molar-refractivity contribution in [1.29, 1.82) is 0 Å². The number of hydrogen-bond donors (Lipinski definition) is 2. The highest BCUT2D eigenvalue weighted by atomic mass is 16.5. The quantitative estimate of drug-likeness (QED) is 0.731. The van der Waals surface area contributed by atoms with Gasteiger partial charge in [0.2, 0.25) is 0 Å². The monoisotopic (exact) mass is 450 g/mol. The maximum absolute atomic E-state index is 13.3. The zero-order valence-corrected chi connectivity index (χ0v) is 18.2. The SMILES string of the molecule is O=C(Nc1ccc(-c2ncc3c(n2)N2CCOCC2C(=O)N3C2CCOC2)cc1)NC1CC1. The minimum absolute atomic E-state index is 0.0121. The molecule has 1 aliphatic carbocycles. The van der Waals surface area contributed by atoms with Crippen LogP contribution in [0.1, 0.15) is 19.3 Å². The molecule has 4 aliphatic rings. The van der Waals surface area contributed by atoms with Crippen LogP contribution >= 0.6 is 0 Å². The molecule has 33 heavy (non-hydrogen) atoms. The number of morpholine rings is 1. The summed E-state index contributed by atoms with van der Waals surface area (Å²) >= 11 is 0. The lowest BCUT2D eigenvalue weighted by Crippen LogP contribution is -2.61. The molecule has 1 aromatic carbocycles. The van der Waals surface area contributed by atoms with Gasteiger partial charge in [-0.2, -0.15) is 0 Å². The van der Waals surface area contributed by atoms with E-state index in [1.54, 1.807) is 6.20 Å². The van der Waals surface area contributed by atoms with E-state index in [0.29, 0.717) is 50.5 Å². The van der Waals surface area contributed by atoms with Gasteiger partial charge >= 0.3 is 6.03 Å². The molecule has 10 nitrogen and oxygen atoms in total. The Bertz CT molecular complexity index is 1070. The van der Waals surface area contributed by atoms with Crippen molar-refractivity contribution < 1.29 is 19.1 Å². The van der Waals surface area contributed by atoms with Gasteiger partial charge in [0.05, 0.1) is 32.1 Å². The van der Waals surface area contributed by atoms with Crippen molar-refractivity contribution >= 4 is 29.1 Å². The first-order valence-corrected chi connectivity index (χ1v) is 11.5. The minimum atomic E-state index is -0.383. The van der Waals surface area contributed by atoms with Crippen molar-refractivity contribution in [1.82, 2.24) is 15.3 Å². The van der Waals surface area contributed by atoms with Gasteiger partial charge in [-0.25, -0.2) is 14.8 Å². The third-order valence-electron chi connectivity index (χ3n) is 6.52. The minimum Gasteiger partial charge on any atom is -0.379 e. The summed E-state index contributed by atoms with van der Waals surface area (Å²) in [6.45, 7) is 2.67. The van der Waals surface area contributed by atoms with Crippen LogP contribution < -0.4 is 20.4 Å². The van der Waals surface area contributed by atoms with Crippen LogP contribution in [0.3, 0.4) is 0 Å². The number of hydrogen-bond acceptors (Lipinski definition) is 7. The van der Waals surface area contributed by atoms with E-state index in [0.717, 1.165) is 36.3 Å². The molecule has 0 bridgehead atoms. The standard InChI is InChI=1S/C23H26N6O4/c30-22-19-13-33-10-8-28(19)21-18(29(22)17-7-9-32-12-17)11-24-20(27-21)14-1-3-15(4-2-14)25-23(31)26-16-5-6-16/h1-4,11,16-17,19H,5-10,12-13H2,(H2,25,26,31). The topological polar surface area (TPSA) is 109 Å². The van der Waals surface area contributed by atoms with Crippen LogP contribution in [-0.4, -0.2) is 73.0 Å². The number of rotatable bonds is 4. The molecule has 1 saturated carbocycles. The summed E-state index contributed by atoms with van der Waals surface area (Å²) in [5, 5.41) is 5.76. The van der Waals surface area contributed by atoms with Gasteiger partial charge in [-0.05, 0) is 43.5 Å². The Morgan fingerprint density at radius 2 is 1.88 bits per heavy atom. The number of fused-ring (bicyclic) bond motifs is 3. The molecule has 3 fully saturated rings. The van der Waals surface area contributed by atoms with Gasteiger partial charge in [0.1, 0.15) is 11.7 Å². The summed E-state index contributed by atoms with van der Waals surface area (Å²) in [6.07, 6.45) is 4.63. The summed E-state index contributed by atoms with van der Waals surface area (Å²) in [5.41, 5.74) is 2.27. The number of anilines is 3. The molecule has 0 spiro atoms. The predicted molar refractivity (Wildman–Crippen MR) is 121 cm³/mol. The number of aromatic nitrogens is 2. The van der Waals surface area contributed by atoms with Gasteiger partial charge in [0, 0.05) is 30.4 Å². The number of carbonyl (C=O) groups is 2. The summed E-state index contributed by atoms with van der Waals surface area (Å²) < 4.78 is 11.2. The molecule has 2 unspecified atom stereocenters. The van der Waals surface area contributed by atoms with Crippen LogP contribution in [0.25, 0.3) is 11.4 Å². The zero-order valence-electron chi connectivity index (χ0n) is 18.2. The third kappa shape index (κ3) is 3.89. The van der Waals surface area contributed by atoms with E-state index in [1.165, 1.54) is 0 Å². The molecule has 2 atom stereocenters. The van der Waals surface area contributed by atoms with Crippen LogP contribution in [0.2, 0.25) is 0 Å². The van der Waals surface area contributed by atoms with Crippen LogP contribution in [-0.2, 0) is 14.3 Å². The summed E-state index contributed by atoms with van der Waals surface area (Å²) in [4.78, 5) is 38.6. The van der Waals surface area contributed by atoms with Crippen molar-refractivity contribution in [2.75, 3.05) is 48.1 Å². The van der Waals surface area contributed by atoms with Gasteiger partial charge in [-0.1, -0.05) is 0 Å². The van der Waals surface area contributed by atoms with Crippen molar-refractivity contribution in [3.05, 3.63) is 30.5 Å². The molecule has 3 aliphatic heterocycles. The lowest BCUT2D eigenvalue weighted by atomic mass is 10.1. The van der Waals surface area contributed by atoms with Crippen LogP contribution in [0.5, 0.6) is 0 Å². The summed E-state index contributed by atoms with van der Waals surface area (Å²) in [6, 6.07) is 7.19. The molecule has 2 N–H and O–H groups in total. The van der Waals surface area contributed by atoms with Gasteiger partial charge in [-0.15, -0.1) is 0 Å². The molecule has 172 valence electrons. The molecule has 2 saturated heterocycles. The maximum Gasteiger partial charge on any atom is 0.319 e. The van der Waals surface area contributed by atoms with Crippen LogP contribution in [0.15, 0.2) is 30.5 Å². The molecule has 6 rings (SSSR count). The highest BCUT2D eigenvalue weighted by Gasteiger charge is 2.44.